The maximum Gasteiger partial charge on any atom is 0.203 e. The Morgan fingerprint density at radius 1 is 1.06 bits per heavy atom. The molecule has 170 valence electrons. The number of rotatable bonds is 3. The average molecular weight is 445 g/mol. The predicted molar refractivity (Wildman–Crippen MR) is 109 cm³/mol. The first-order valence-corrected chi connectivity index (χ1v) is 10.2. The van der Waals surface area contributed by atoms with E-state index in [1.165, 1.54) is 14.2 Å². The van der Waals surface area contributed by atoms with Crippen molar-refractivity contribution < 1.29 is 44.6 Å². The number of ketones is 2. The van der Waals surface area contributed by atoms with Crippen LogP contribution in [0.15, 0.2) is 6.07 Å². The van der Waals surface area contributed by atoms with Gasteiger partial charge < -0.3 is 40.3 Å². The molecule has 6 N–H and O–H groups in total. The number of phenolic OH excluding ortho intramolecular Hbond substituents is 3. The maximum absolute atomic E-state index is 13.3. The zero-order valence-corrected chi connectivity index (χ0v) is 17.4. The number of methoxy groups -OCH3 is 2. The van der Waals surface area contributed by atoms with Gasteiger partial charge in [-0.15, -0.1) is 0 Å². The van der Waals surface area contributed by atoms with Gasteiger partial charge in [0.15, 0.2) is 28.7 Å². The molecule has 0 amide bonds. The van der Waals surface area contributed by atoms with Crippen molar-refractivity contribution in [1.82, 2.24) is 5.32 Å². The van der Waals surface area contributed by atoms with Gasteiger partial charge in [-0.25, -0.2) is 0 Å². The molecule has 0 aromatic heterocycles. The van der Waals surface area contributed by atoms with E-state index >= 15 is 0 Å². The van der Waals surface area contributed by atoms with Gasteiger partial charge in [0.2, 0.25) is 5.75 Å². The van der Waals surface area contributed by atoms with Crippen molar-refractivity contribution in [2.75, 3.05) is 20.8 Å². The zero-order valence-electron chi connectivity index (χ0n) is 17.4. The molecule has 2 aromatic carbocycles. The molecule has 10 heteroatoms. The third kappa shape index (κ3) is 2.45. The number of nitrogens with one attached hydrogen (secondary N) is 1. The lowest BCUT2D eigenvalue weighted by Crippen LogP contribution is -2.59. The number of fused-ring (bicyclic) bond motifs is 4. The summed E-state index contributed by atoms with van der Waals surface area (Å²) in [5.74, 6) is -4.40. The molecule has 2 fully saturated rings. The highest BCUT2D eigenvalue weighted by molar-refractivity contribution is 6.14. The summed E-state index contributed by atoms with van der Waals surface area (Å²) in [6.45, 7) is 0.536. The Bertz CT molecular complexity index is 1200. The molecule has 0 bridgehead atoms. The standard InChI is InChI=1S/C22H23NO9/c1-31-19-9-4-11(25)20(32-2)18(28)14(9)17(27)15-10(24)3-8-5-21(29,12-7-23-12)6-13(26)22(8,30)16(15)19/h4,8,12,23,25,27-30H,3,5-7H2,1-2H3/t8-,12?,21+,22+/m1/s1. The topological polar surface area (TPSA) is 176 Å². The minimum Gasteiger partial charge on any atom is -0.506 e. The van der Waals surface area contributed by atoms with Crippen LogP contribution in [0.5, 0.6) is 28.7 Å². The highest BCUT2D eigenvalue weighted by atomic mass is 16.5. The van der Waals surface area contributed by atoms with Crippen molar-refractivity contribution in [1.29, 1.82) is 0 Å². The zero-order chi connectivity index (χ0) is 23.2. The maximum atomic E-state index is 13.3. The number of phenols is 3. The molecular formula is C22H23NO9. The fourth-order valence-corrected chi connectivity index (χ4v) is 5.48. The van der Waals surface area contributed by atoms with Gasteiger partial charge >= 0.3 is 0 Å². The van der Waals surface area contributed by atoms with Crippen molar-refractivity contribution in [3.8, 4) is 28.7 Å². The molecule has 32 heavy (non-hydrogen) atoms. The van der Waals surface area contributed by atoms with Crippen LogP contribution in [0.4, 0.5) is 0 Å². The summed E-state index contributed by atoms with van der Waals surface area (Å²) in [5, 5.41) is 57.4. The van der Waals surface area contributed by atoms with Crippen LogP contribution in [0.25, 0.3) is 10.8 Å². The number of carbonyl (C=O) groups excluding carboxylic acids is 2. The molecule has 10 nitrogen and oxygen atoms in total. The second-order valence-corrected chi connectivity index (χ2v) is 8.79. The van der Waals surface area contributed by atoms with Gasteiger partial charge in [-0.2, -0.15) is 0 Å². The molecule has 3 aliphatic rings. The van der Waals surface area contributed by atoms with Gasteiger partial charge in [0.1, 0.15) is 11.5 Å². The summed E-state index contributed by atoms with van der Waals surface area (Å²) < 4.78 is 10.5. The Labute approximate surface area is 182 Å². The van der Waals surface area contributed by atoms with Gasteiger partial charge in [0.05, 0.1) is 30.8 Å². The summed E-state index contributed by atoms with van der Waals surface area (Å²) in [6, 6.07) is 0.864. The van der Waals surface area contributed by atoms with E-state index in [1.54, 1.807) is 0 Å². The lowest BCUT2D eigenvalue weighted by atomic mass is 9.58. The summed E-state index contributed by atoms with van der Waals surface area (Å²) in [7, 11) is 2.46. The van der Waals surface area contributed by atoms with Crippen LogP contribution in [-0.2, 0) is 10.4 Å². The first-order valence-electron chi connectivity index (χ1n) is 10.2. The number of benzene rings is 2. The SMILES string of the molecule is COc1c(O)cc2c(OC)c3c(c(O)c2c1O)C(=O)C[C@@H]1C[C@@](O)(C2CN2)CC(=O)[C@]31O. The Morgan fingerprint density at radius 3 is 2.31 bits per heavy atom. The highest BCUT2D eigenvalue weighted by Crippen LogP contribution is 2.59. The van der Waals surface area contributed by atoms with Gasteiger partial charge in [0.25, 0.3) is 0 Å². The number of hydrogen-bond donors (Lipinski definition) is 6. The second kappa shape index (κ2) is 6.47. The van der Waals surface area contributed by atoms with E-state index in [1.807, 2.05) is 0 Å². The lowest BCUT2D eigenvalue weighted by molar-refractivity contribution is -0.167. The van der Waals surface area contributed by atoms with Crippen LogP contribution in [0.1, 0.15) is 35.2 Å². The summed E-state index contributed by atoms with van der Waals surface area (Å²) >= 11 is 0. The number of aromatic hydroxyl groups is 3. The molecule has 1 saturated heterocycles. The number of ether oxygens (including phenoxy) is 2. The molecular weight excluding hydrogens is 422 g/mol. The van der Waals surface area contributed by atoms with Crippen molar-refractivity contribution in [2.24, 2.45) is 5.92 Å². The van der Waals surface area contributed by atoms with E-state index < -0.39 is 45.9 Å². The predicted octanol–water partition coefficient (Wildman–Crippen LogP) is 0.430. The molecule has 2 aliphatic carbocycles. The lowest BCUT2D eigenvalue weighted by Gasteiger charge is -2.48. The highest BCUT2D eigenvalue weighted by Gasteiger charge is 2.62. The molecule has 5 rings (SSSR count). The monoisotopic (exact) mass is 445 g/mol. The van der Waals surface area contributed by atoms with Gasteiger partial charge in [-0.1, -0.05) is 0 Å². The summed E-state index contributed by atoms with van der Waals surface area (Å²) in [6.07, 6.45) is -0.631. The fraction of sp³-hybridized carbons (Fsp3) is 0.455. The molecule has 1 unspecified atom stereocenters. The third-order valence-electron chi connectivity index (χ3n) is 7.07. The number of hydrogen-bond acceptors (Lipinski definition) is 10. The molecule has 4 atom stereocenters. The van der Waals surface area contributed by atoms with Crippen LogP contribution < -0.4 is 14.8 Å². The van der Waals surface area contributed by atoms with E-state index in [-0.39, 0.29) is 58.7 Å². The van der Waals surface area contributed by atoms with E-state index in [9.17, 15) is 35.1 Å². The summed E-state index contributed by atoms with van der Waals surface area (Å²) in [5.41, 5.74) is -4.14. The van der Waals surface area contributed by atoms with Gasteiger partial charge in [-0.3, -0.25) is 9.59 Å². The number of aliphatic hydroxyl groups is 2. The van der Waals surface area contributed by atoms with E-state index in [0.717, 1.165) is 6.07 Å². The van der Waals surface area contributed by atoms with E-state index in [4.69, 9.17) is 9.47 Å². The molecule has 1 saturated carbocycles. The molecule has 0 radical (unpaired) electrons. The second-order valence-electron chi connectivity index (χ2n) is 8.79. The Morgan fingerprint density at radius 2 is 1.72 bits per heavy atom. The van der Waals surface area contributed by atoms with Crippen LogP contribution in [0, 0.1) is 5.92 Å². The molecule has 1 aliphatic heterocycles. The van der Waals surface area contributed by atoms with Gasteiger partial charge in [-0.05, 0) is 12.5 Å². The first kappa shape index (κ1) is 20.8. The Hall–Kier alpha value is -3.08. The number of Topliss-reactive ketones (excluding diaryl/α,β-unsaturated/α-hetero) is 2. The smallest absolute Gasteiger partial charge is 0.203 e. The van der Waals surface area contributed by atoms with E-state index in [2.05, 4.69) is 5.32 Å². The Balaban J connectivity index is 1.84. The fourth-order valence-electron chi connectivity index (χ4n) is 5.48. The average Bonchev–Trinajstić information content (AvgIpc) is 3.56. The van der Waals surface area contributed by atoms with Crippen molar-refractivity contribution >= 4 is 22.3 Å². The quantitative estimate of drug-likeness (QED) is 0.363. The van der Waals surface area contributed by atoms with Crippen molar-refractivity contribution in [2.45, 2.75) is 36.5 Å². The molecule has 0 spiro atoms. The third-order valence-corrected chi connectivity index (χ3v) is 7.07. The van der Waals surface area contributed by atoms with Crippen LogP contribution in [0.2, 0.25) is 0 Å². The van der Waals surface area contributed by atoms with Crippen LogP contribution >= 0.6 is 0 Å². The van der Waals surface area contributed by atoms with Crippen molar-refractivity contribution in [3.05, 3.63) is 17.2 Å². The normalized spacial score (nSPS) is 31.2. The van der Waals surface area contributed by atoms with E-state index in [0.29, 0.717) is 6.54 Å². The first-order chi connectivity index (χ1) is 15.1. The minimum atomic E-state index is -2.20. The van der Waals surface area contributed by atoms with Gasteiger partial charge in [0, 0.05) is 42.3 Å². The number of carbonyl (C=O) groups is 2. The van der Waals surface area contributed by atoms with Crippen molar-refractivity contribution in [3.63, 3.8) is 0 Å². The van der Waals surface area contributed by atoms with Crippen LogP contribution in [-0.4, -0.2) is 69.5 Å². The molecule has 1 heterocycles. The largest absolute Gasteiger partial charge is 0.506 e. The van der Waals surface area contributed by atoms with Crippen LogP contribution in [0.3, 0.4) is 0 Å². The minimum absolute atomic E-state index is 0.000841. The molecule has 2 aromatic rings. The summed E-state index contributed by atoms with van der Waals surface area (Å²) in [4.78, 5) is 26.5. The Kier molecular flexibility index (Phi) is 4.21.